The van der Waals surface area contributed by atoms with Crippen molar-refractivity contribution in [2.75, 3.05) is 6.61 Å². The summed E-state index contributed by atoms with van der Waals surface area (Å²) in [6.07, 6.45) is -0.591. The first-order valence-electron chi connectivity index (χ1n) is 5.71. The number of ether oxygens (including phenoxy) is 1. The summed E-state index contributed by atoms with van der Waals surface area (Å²) in [6, 6.07) is 3.15. The molecule has 96 valence electrons. The summed E-state index contributed by atoms with van der Waals surface area (Å²) < 4.78 is 31.8. The molecular formula is C13H18F2O2. The average Bonchev–Trinajstić information content (AvgIpc) is 2.28. The summed E-state index contributed by atoms with van der Waals surface area (Å²) in [5.74, 6) is -1.41. The van der Waals surface area contributed by atoms with Gasteiger partial charge in [0.2, 0.25) is 0 Å². The van der Waals surface area contributed by atoms with Crippen molar-refractivity contribution >= 4 is 0 Å². The third-order valence-corrected chi connectivity index (χ3v) is 3.01. The van der Waals surface area contributed by atoms with Crippen molar-refractivity contribution in [1.82, 2.24) is 0 Å². The minimum absolute atomic E-state index is 0.0594. The van der Waals surface area contributed by atoms with E-state index in [0.717, 1.165) is 12.1 Å². The van der Waals surface area contributed by atoms with E-state index >= 15 is 0 Å². The molecule has 0 saturated carbocycles. The van der Waals surface area contributed by atoms with E-state index in [1.54, 1.807) is 6.92 Å². The Labute approximate surface area is 100 Å². The summed E-state index contributed by atoms with van der Waals surface area (Å²) >= 11 is 0. The summed E-state index contributed by atoms with van der Waals surface area (Å²) in [5, 5.41) is 10.2. The zero-order valence-corrected chi connectivity index (χ0v) is 10.3. The minimum Gasteiger partial charge on any atom is -0.385 e. The zero-order chi connectivity index (χ0) is 13.1. The molecule has 1 aromatic rings. The standard InChI is InChI=1S/C13H18F2O2/c1-4-13(3,17-5-2)12(16)10-7-6-9(14)8-11(10)15/h6-8,12,16H,4-5H2,1-3H3. The number of aliphatic hydroxyl groups is 1. The van der Waals surface area contributed by atoms with E-state index in [1.165, 1.54) is 6.07 Å². The highest BCUT2D eigenvalue weighted by Gasteiger charge is 2.34. The van der Waals surface area contributed by atoms with Crippen LogP contribution in [0.2, 0.25) is 0 Å². The van der Waals surface area contributed by atoms with Crippen molar-refractivity contribution in [3.63, 3.8) is 0 Å². The van der Waals surface area contributed by atoms with Crippen molar-refractivity contribution in [2.24, 2.45) is 0 Å². The van der Waals surface area contributed by atoms with Crippen molar-refractivity contribution in [2.45, 2.75) is 38.9 Å². The molecule has 2 unspecified atom stereocenters. The molecule has 1 N–H and O–H groups in total. The number of aliphatic hydroxyl groups excluding tert-OH is 1. The van der Waals surface area contributed by atoms with Crippen molar-refractivity contribution in [3.8, 4) is 0 Å². The second-order valence-electron chi connectivity index (χ2n) is 4.17. The largest absolute Gasteiger partial charge is 0.385 e. The highest BCUT2D eigenvalue weighted by Crippen LogP contribution is 2.33. The van der Waals surface area contributed by atoms with Gasteiger partial charge in [0.15, 0.2) is 0 Å². The molecule has 0 amide bonds. The lowest BCUT2D eigenvalue weighted by Gasteiger charge is -2.33. The van der Waals surface area contributed by atoms with Gasteiger partial charge in [-0.3, -0.25) is 0 Å². The fourth-order valence-corrected chi connectivity index (χ4v) is 1.76. The Morgan fingerprint density at radius 2 is 2.00 bits per heavy atom. The molecule has 1 aromatic carbocycles. The molecule has 0 aliphatic carbocycles. The van der Waals surface area contributed by atoms with E-state index in [0.29, 0.717) is 13.0 Å². The van der Waals surface area contributed by atoms with Gasteiger partial charge in [-0.1, -0.05) is 13.0 Å². The Balaban J connectivity index is 3.05. The van der Waals surface area contributed by atoms with E-state index in [9.17, 15) is 13.9 Å². The van der Waals surface area contributed by atoms with E-state index in [2.05, 4.69) is 0 Å². The Bertz CT molecular complexity index is 382. The van der Waals surface area contributed by atoms with Gasteiger partial charge < -0.3 is 9.84 Å². The zero-order valence-electron chi connectivity index (χ0n) is 10.3. The molecule has 2 atom stereocenters. The molecule has 0 radical (unpaired) electrons. The van der Waals surface area contributed by atoms with Crippen LogP contribution < -0.4 is 0 Å². The molecule has 0 fully saturated rings. The normalized spacial score (nSPS) is 16.6. The molecule has 0 saturated heterocycles. The summed E-state index contributed by atoms with van der Waals surface area (Å²) in [7, 11) is 0. The predicted molar refractivity (Wildman–Crippen MR) is 61.6 cm³/mol. The Kier molecular flexibility index (Phi) is 4.60. The molecular weight excluding hydrogens is 226 g/mol. The van der Waals surface area contributed by atoms with Gasteiger partial charge in [-0.2, -0.15) is 0 Å². The lowest BCUT2D eigenvalue weighted by molar-refractivity contribution is -0.114. The first-order chi connectivity index (χ1) is 7.94. The molecule has 0 heterocycles. The third-order valence-electron chi connectivity index (χ3n) is 3.01. The Morgan fingerprint density at radius 1 is 1.35 bits per heavy atom. The van der Waals surface area contributed by atoms with Crippen molar-refractivity contribution in [1.29, 1.82) is 0 Å². The Morgan fingerprint density at radius 3 is 2.47 bits per heavy atom. The second kappa shape index (κ2) is 5.56. The highest BCUT2D eigenvalue weighted by atomic mass is 19.1. The van der Waals surface area contributed by atoms with Gasteiger partial charge in [0.05, 0.1) is 5.60 Å². The first-order valence-corrected chi connectivity index (χ1v) is 5.71. The summed E-state index contributed by atoms with van der Waals surface area (Å²) in [4.78, 5) is 0. The van der Waals surface area contributed by atoms with Crippen LogP contribution in [0.4, 0.5) is 8.78 Å². The van der Waals surface area contributed by atoms with Gasteiger partial charge in [0, 0.05) is 18.2 Å². The molecule has 17 heavy (non-hydrogen) atoms. The van der Waals surface area contributed by atoms with Gasteiger partial charge in [0.25, 0.3) is 0 Å². The number of halogens is 2. The van der Waals surface area contributed by atoms with Crippen LogP contribution in [0, 0.1) is 11.6 Å². The van der Waals surface area contributed by atoms with Crippen LogP contribution in [-0.2, 0) is 4.74 Å². The lowest BCUT2D eigenvalue weighted by Crippen LogP contribution is -2.36. The average molecular weight is 244 g/mol. The molecule has 0 aliphatic rings. The van der Waals surface area contributed by atoms with E-state index < -0.39 is 23.3 Å². The number of rotatable bonds is 5. The maximum absolute atomic E-state index is 13.6. The quantitative estimate of drug-likeness (QED) is 0.861. The maximum atomic E-state index is 13.6. The Hall–Kier alpha value is -1.00. The first kappa shape index (κ1) is 14.1. The van der Waals surface area contributed by atoms with Gasteiger partial charge in [-0.25, -0.2) is 8.78 Å². The SMILES string of the molecule is CCOC(C)(CC)C(O)c1ccc(F)cc1F. The third kappa shape index (κ3) is 3.01. The smallest absolute Gasteiger partial charge is 0.132 e. The van der Waals surface area contributed by atoms with Gasteiger partial charge in [-0.05, 0) is 26.3 Å². The molecule has 0 spiro atoms. The second-order valence-corrected chi connectivity index (χ2v) is 4.17. The molecule has 0 bridgehead atoms. The van der Waals surface area contributed by atoms with Crippen LogP contribution in [0.25, 0.3) is 0 Å². The monoisotopic (exact) mass is 244 g/mol. The molecule has 0 aliphatic heterocycles. The van der Waals surface area contributed by atoms with E-state index in [1.807, 2.05) is 13.8 Å². The van der Waals surface area contributed by atoms with E-state index in [-0.39, 0.29) is 5.56 Å². The fraction of sp³-hybridized carbons (Fsp3) is 0.538. The maximum Gasteiger partial charge on any atom is 0.132 e. The number of benzene rings is 1. The van der Waals surface area contributed by atoms with Gasteiger partial charge >= 0.3 is 0 Å². The van der Waals surface area contributed by atoms with E-state index in [4.69, 9.17) is 4.74 Å². The van der Waals surface area contributed by atoms with Crippen LogP contribution >= 0.6 is 0 Å². The fourth-order valence-electron chi connectivity index (χ4n) is 1.76. The molecule has 2 nitrogen and oxygen atoms in total. The predicted octanol–water partition coefficient (Wildman–Crippen LogP) is 3.20. The number of hydrogen-bond donors (Lipinski definition) is 1. The van der Waals surface area contributed by atoms with Crippen molar-refractivity contribution in [3.05, 3.63) is 35.4 Å². The van der Waals surface area contributed by atoms with Crippen LogP contribution in [0.1, 0.15) is 38.9 Å². The van der Waals surface area contributed by atoms with Crippen LogP contribution in [0.5, 0.6) is 0 Å². The summed E-state index contributed by atoms with van der Waals surface area (Å²) in [5.41, 5.74) is -0.808. The van der Waals surface area contributed by atoms with Crippen LogP contribution in [0.3, 0.4) is 0 Å². The van der Waals surface area contributed by atoms with Crippen molar-refractivity contribution < 1.29 is 18.6 Å². The highest BCUT2D eigenvalue weighted by molar-refractivity contribution is 5.23. The molecule has 0 aromatic heterocycles. The van der Waals surface area contributed by atoms with Crippen LogP contribution in [0.15, 0.2) is 18.2 Å². The van der Waals surface area contributed by atoms with Gasteiger partial charge in [-0.15, -0.1) is 0 Å². The molecule has 1 rings (SSSR count). The van der Waals surface area contributed by atoms with Crippen LogP contribution in [-0.4, -0.2) is 17.3 Å². The van der Waals surface area contributed by atoms with Gasteiger partial charge in [0.1, 0.15) is 17.7 Å². The lowest BCUT2D eigenvalue weighted by atomic mass is 9.90. The molecule has 4 heteroatoms. The topological polar surface area (TPSA) is 29.5 Å². The number of hydrogen-bond acceptors (Lipinski definition) is 2. The minimum atomic E-state index is -1.12. The summed E-state index contributed by atoms with van der Waals surface area (Å²) in [6.45, 7) is 5.79.